The van der Waals surface area contributed by atoms with Crippen molar-refractivity contribution in [3.63, 3.8) is 0 Å². The van der Waals surface area contributed by atoms with Crippen LogP contribution in [0, 0.1) is 0 Å². The van der Waals surface area contributed by atoms with Crippen LogP contribution < -0.4 is 19.1 Å². The maximum atomic E-state index is 13.1. The highest BCUT2D eigenvalue weighted by atomic mass is 16.7. The van der Waals surface area contributed by atoms with Crippen LogP contribution in [0.5, 0.6) is 17.4 Å². The monoisotopic (exact) mass is 436 g/mol. The Bertz CT molecular complexity index is 1110. The van der Waals surface area contributed by atoms with E-state index in [4.69, 9.17) is 14.2 Å². The van der Waals surface area contributed by atoms with E-state index < -0.39 is 0 Å². The molecule has 0 bridgehead atoms. The lowest BCUT2D eigenvalue weighted by Gasteiger charge is -2.32. The van der Waals surface area contributed by atoms with Gasteiger partial charge in [-0.15, -0.1) is 10.2 Å². The lowest BCUT2D eigenvalue weighted by atomic mass is 10.1. The summed E-state index contributed by atoms with van der Waals surface area (Å²) in [5.41, 5.74) is 1.96. The molecule has 32 heavy (non-hydrogen) atoms. The Labute approximate surface area is 185 Å². The van der Waals surface area contributed by atoms with Crippen LogP contribution in [0.1, 0.15) is 23.3 Å². The van der Waals surface area contributed by atoms with Crippen LogP contribution in [0.2, 0.25) is 0 Å². The fraction of sp³-hybridized carbons (Fsp3) is 0.364. The second-order valence-electron chi connectivity index (χ2n) is 7.99. The summed E-state index contributed by atoms with van der Waals surface area (Å²) in [6, 6.07) is 11.0. The third-order valence-electron chi connectivity index (χ3n) is 5.51. The quantitative estimate of drug-likeness (QED) is 0.650. The zero-order chi connectivity index (χ0) is 22.1. The van der Waals surface area contributed by atoms with Gasteiger partial charge in [-0.3, -0.25) is 9.89 Å². The summed E-state index contributed by atoms with van der Waals surface area (Å²) in [4.78, 5) is 16.7. The average Bonchev–Trinajstić information content (AvgIpc) is 3.48. The molecule has 1 N–H and O–H groups in total. The van der Waals surface area contributed by atoms with E-state index in [1.807, 2.05) is 43.3 Å². The second-order valence-corrected chi connectivity index (χ2v) is 7.99. The number of hydrogen-bond acceptors (Lipinski definition) is 8. The predicted molar refractivity (Wildman–Crippen MR) is 116 cm³/mol. The van der Waals surface area contributed by atoms with E-state index in [0.29, 0.717) is 41.9 Å². The molecule has 1 amide bonds. The number of rotatable bonds is 5. The summed E-state index contributed by atoms with van der Waals surface area (Å²) < 4.78 is 16.8. The number of likely N-dealkylation sites (tertiary alicyclic amines) is 1. The van der Waals surface area contributed by atoms with Crippen LogP contribution in [0.15, 0.2) is 36.4 Å². The number of nitrogens with zero attached hydrogens (tertiary/aromatic N) is 5. The van der Waals surface area contributed by atoms with Crippen LogP contribution in [-0.2, 0) is 0 Å². The highest BCUT2D eigenvalue weighted by molar-refractivity contribution is 5.93. The molecular weight excluding hydrogens is 412 g/mol. The lowest BCUT2D eigenvalue weighted by molar-refractivity contribution is 0.0520. The van der Waals surface area contributed by atoms with Crippen molar-refractivity contribution in [2.24, 2.45) is 0 Å². The fourth-order valence-corrected chi connectivity index (χ4v) is 3.81. The Morgan fingerprint density at radius 3 is 2.84 bits per heavy atom. The van der Waals surface area contributed by atoms with Gasteiger partial charge >= 0.3 is 0 Å². The zero-order valence-corrected chi connectivity index (χ0v) is 17.9. The first kappa shape index (κ1) is 20.1. The van der Waals surface area contributed by atoms with Gasteiger partial charge in [0.05, 0.1) is 12.2 Å². The summed E-state index contributed by atoms with van der Waals surface area (Å²) in [5, 5.41) is 15.5. The molecule has 1 unspecified atom stereocenters. The number of carbonyl (C=O) groups is 1. The molecule has 10 heteroatoms. The first-order chi connectivity index (χ1) is 15.6. The minimum Gasteiger partial charge on any atom is -0.471 e. The average molecular weight is 436 g/mol. The second kappa shape index (κ2) is 8.37. The van der Waals surface area contributed by atoms with E-state index in [9.17, 15) is 4.79 Å². The third-order valence-corrected chi connectivity index (χ3v) is 5.51. The number of hydrogen-bond donors (Lipinski definition) is 1. The van der Waals surface area contributed by atoms with E-state index in [2.05, 4.69) is 20.4 Å². The van der Waals surface area contributed by atoms with Crippen molar-refractivity contribution in [2.75, 3.05) is 38.9 Å². The van der Waals surface area contributed by atoms with E-state index in [1.165, 1.54) is 0 Å². The van der Waals surface area contributed by atoms with Crippen molar-refractivity contribution in [1.29, 1.82) is 0 Å². The fourth-order valence-electron chi connectivity index (χ4n) is 3.81. The lowest BCUT2D eigenvalue weighted by Crippen LogP contribution is -2.44. The molecule has 4 heterocycles. The zero-order valence-electron chi connectivity index (χ0n) is 17.9. The molecule has 0 aliphatic carbocycles. The molecule has 0 radical (unpaired) electrons. The molecule has 2 aliphatic heterocycles. The van der Waals surface area contributed by atoms with Gasteiger partial charge in [0, 0.05) is 32.3 Å². The highest BCUT2D eigenvalue weighted by Crippen LogP contribution is 2.35. The molecule has 2 aliphatic rings. The standard InChI is InChI=1S/C22H24N6O4/c1-27(2)20-7-8-21(26-25-20)32-15-4-3-9-28(12-15)22(29)17-11-16(23-24-17)14-5-6-18-19(10-14)31-13-30-18/h5-8,10-11,15H,3-4,9,12-13H2,1-2H3,(H,23,24). The van der Waals surface area contributed by atoms with Crippen LogP contribution >= 0.6 is 0 Å². The summed E-state index contributed by atoms with van der Waals surface area (Å²) in [6.45, 7) is 1.36. The summed E-state index contributed by atoms with van der Waals surface area (Å²) in [6.07, 6.45) is 1.57. The van der Waals surface area contributed by atoms with E-state index in [-0.39, 0.29) is 18.8 Å². The van der Waals surface area contributed by atoms with Crippen molar-refractivity contribution in [1.82, 2.24) is 25.3 Å². The SMILES string of the molecule is CN(C)c1ccc(OC2CCCN(C(=O)c3cc(-c4ccc5c(c4)OCO5)n[nH]3)C2)nn1. The number of carbonyl (C=O) groups excluding carboxylic acids is 1. The van der Waals surface area contributed by atoms with Crippen molar-refractivity contribution >= 4 is 11.7 Å². The minimum absolute atomic E-state index is 0.105. The Morgan fingerprint density at radius 1 is 1.16 bits per heavy atom. The van der Waals surface area contributed by atoms with Crippen molar-refractivity contribution in [3.05, 3.63) is 42.1 Å². The van der Waals surface area contributed by atoms with Crippen molar-refractivity contribution < 1.29 is 19.0 Å². The molecule has 1 fully saturated rings. The predicted octanol–water partition coefficient (Wildman–Crippen LogP) is 2.34. The summed E-state index contributed by atoms with van der Waals surface area (Å²) in [7, 11) is 3.81. The molecule has 5 rings (SSSR count). The maximum Gasteiger partial charge on any atom is 0.272 e. The Balaban J connectivity index is 1.24. The molecule has 1 aromatic carbocycles. The van der Waals surface area contributed by atoms with Crippen molar-refractivity contribution in [2.45, 2.75) is 18.9 Å². The largest absolute Gasteiger partial charge is 0.471 e. The molecule has 1 saturated heterocycles. The first-order valence-corrected chi connectivity index (χ1v) is 10.5. The molecular formula is C22H24N6O4. The number of ether oxygens (including phenoxy) is 3. The summed E-state index contributed by atoms with van der Waals surface area (Å²) >= 11 is 0. The van der Waals surface area contributed by atoms with E-state index >= 15 is 0 Å². The van der Waals surface area contributed by atoms with Gasteiger partial charge in [-0.25, -0.2) is 0 Å². The molecule has 0 saturated carbocycles. The van der Waals surface area contributed by atoms with Gasteiger partial charge in [-0.2, -0.15) is 5.10 Å². The van der Waals surface area contributed by atoms with Crippen molar-refractivity contribution in [3.8, 4) is 28.6 Å². The van der Waals surface area contributed by atoms with Gasteiger partial charge in [0.25, 0.3) is 5.91 Å². The van der Waals surface area contributed by atoms with Gasteiger partial charge in [0.15, 0.2) is 17.3 Å². The number of piperidine rings is 1. The number of aromatic nitrogens is 4. The summed E-state index contributed by atoms with van der Waals surface area (Å²) in [5.74, 6) is 2.50. The topological polar surface area (TPSA) is 106 Å². The number of nitrogens with one attached hydrogen (secondary N) is 1. The van der Waals surface area contributed by atoms with Gasteiger partial charge in [0.1, 0.15) is 11.8 Å². The van der Waals surface area contributed by atoms with Gasteiger partial charge in [0.2, 0.25) is 12.7 Å². The molecule has 3 aromatic rings. The number of anilines is 1. The van der Waals surface area contributed by atoms with Crippen LogP contribution in [0.25, 0.3) is 11.3 Å². The number of H-pyrrole nitrogens is 1. The molecule has 0 spiro atoms. The number of amides is 1. The van der Waals surface area contributed by atoms with Crippen LogP contribution in [0.3, 0.4) is 0 Å². The first-order valence-electron chi connectivity index (χ1n) is 10.5. The normalized spacial score (nSPS) is 17.3. The molecule has 10 nitrogen and oxygen atoms in total. The Morgan fingerprint density at radius 2 is 2.03 bits per heavy atom. The highest BCUT2D eigenvalue weighted by Gasteiger charge is 2.27. The van der Waals surface area contributed by atoms with Crippen LogP contribution in [-0.4, -0.2) is 71.3 Å². The van der Waals surface area contributed by atoms with Crippen LogP contribution in [0.4, 0.5) is 5.82 Å². The minimum atomic E-state index is -0.136. The number of benzene rings is 1. The van der Waals surface area contributed by atoms with E-state index in [0.717, 1.165) is 24.2 Å². The van der Waals surface area contributed by atoms with Gasteiger partial charge < -0.3 is 24.0 Å². The smallest absolute Gasteiger partial charge is 0.272 e. The molecule has 1 atom stereocenters. The Hall–Kier alpha value is -3.82. The Kier molecular flexibility index (Phi) is 5.26. The third kappa shape index (κ3) is 4.03. The maximum absolute atomic E-state index is 13.1. The number of aromatic amines is 1. The number of fused-ring (bicyclic) bond motifs is 1. The molecule has 2 aromatic heterocycles. The van der Waals surface area contributed by atoms with Gasteiger partial charge in [-0.1, -0.05) is 0 Å². The van der Waals surface area contributed by atoms with E-state index in [1.54, 1.807) is 17.0 Å². The molecule has 166 valence electrons. The van der Waals surface area contributed by atoms with Gasteiger partial charge in [-0.05, 0) is 43.2 Å².